The van der Waals surface area contributed by atoms with Crippen LogP contribution in [0.2, 0.25) is 0 Å². The molecule has 6 heteroatoms. The minimum absolute atomic E-state index is 0.0641. The van der Waals surface area contributed by atoms with Crippen LogP contribution in [0.1, 0.15) is 19.4 Å². The molecule has 1 aromatic carbocycles. The van der Waals surface area contributed by atoms with Crippen molar-refractivity contribution < 1.29 is 9.59 Å². The highest BCUT2D eigenvalue weighted by atomic mass is 79.9. The monoisotopic (exact) mass is 355 g/mol. The van der Waals surface area contributed by atoms with Crippen molar-refractivity contribution in [2.45, 2.75) is 20.4 Å². The van der Waals surface area contributed by atoms with Gasteiger partial charge in [0.25, 0.3) is 0 Å². The van der Waals surface area contributed by atoms with Gasteiger partial charge in [0.15, 0.2) is 0 Å². The molecule has 3 N–H and O–H groups in total. The first-order valence-electron chi connectivity index (χ1n) is 6.96. The van der Waals surface area contributed by atoms with Crippen LogP contribution in [0.5, 0.6) is 0 Å². The summed E-state index contributed by atoms with van der Waals surface area (Å²) in [6, 6.07) is 7.65. The van der Waals surface area contributed by atoms with Crippen molar-refractivity contribution in [3.05, 3.63) is 34.3 Å². The summed E-state index contributed by atoms with van der Waals surface area (Å²) < 4.78 is 0.972. The van der Waals surface area contributed by atoms with Crippen LogP contribution in [0.15, 0.2) is 28.7 Å². The summed E-state index contributed by atoms with van der Waals surface area (Å²) in [5, 5.41) is 3.14. The van der Waals surface area contributed by atoms with Crippen molar-refractivity contribution in [3.8, 4) is 0 Å². The number of hydrogen-bond acceptors (Lipinski definition) is 3. The van der Waals surface area contributed by atoms with Gasteiger partial charge in [0, 0.05) is 23.5 Å². The molecule has 1 unspecified atom stereocenters. The molecule has 0 aliphatic heterocycles. The molecule has 0 fully saturated rings. The van der Waals surface area contributed by atoms with Gasteiger partial charge in [-0.05, 0) is 24.2 Å². The standard InChI is InChI=1S/C15H22BrN3O2/c1-3-18-8-11(2)15(21)19(10-14(17)20)9-12-4-6-13(16)7-5-12/h4-7,11,18H,3,8-10H2,1-2H3,(H2,17,20). The molecule has 116 valence electrons. The number of amides is 2. The van der Waals surface area contributed by atoms with Gasteiger partial charge in [-0.1, -0.05) is 41.9 Å². The van der Waals surface area contributed by atoms with Crippen LogP contribution >= 0.6 is 15.9 Å². The molecule has 0 spiro atoms. The molecule has 0 bridgehead atoms. The smallest absolute Gasteiger partial charge is 0.237 e. The Morgan fingerprint density at radius 2 is 1.95 bits per heavy atom. The number of benzene rings is 1. The SMILES string of the molecule is CCNCC(C)C(=O)N(CC(N)=O)Cc1ccc(Br)cc1. The van der Waals surface area contributed by atoms with Gasteiger partial charge < -0.3 is 16.0 Å². The summed E-state index contributed by atoms with van der Waals surface area (Å²) in [6.45, 7) is 5.54. The third-order valence-corrected chi connectivity index (χ3v) is 3.60. The molecule has 0 saturated heterocycles. The second-order valence-corrected chi connectivity index (χ2v) is 5.91. The van der Waals surface area contributed by atoms with E-state index in [-0.39, 0.29) is 18.4 Å². The quantitative estimate of drug-likeness (QED) is 0.741. The molecule has 0 aromatic heterocycles. The molecule has 1 rings (SSSR count). The third kappa shape index (κ3) is 6.27. The Balaban J connectivity index is 2.76. The van der Waals surface area contributed by atoms with Crippen molar-refractivity contribution in [2.24, 2.45) is 11.7 Å². The predicted octanol–water partition coefficient (Wildman–Crippen LogP) is 1.51. The molecule has 0 aliphatic rings. The Morgan fingerprint density at radius 1 is 1.33 bits per heavy atom. The first kappa shape index (κ1) is 17.7. The first-order valence-corrected chi connectivity index (χ1v) is 7.75. The van der Waals surface area contributed by atoms with Crippen molar-refractivity contribution in [1.29, 1.82) is 0 Å². The number of halogens is 1. The highest BCUT2D eigenvalue weighted by Gasteiger charge is 2.21. The van der Waals surface area contributed by atoms with Crippen molar-refractivity contribution in [3.63, 3.8) is 0 Å². The lowest BCUT2D eigenvalue weighted by Gasteiger charge is -2.25. The maximum atomic E-state index is 12.4. The van der Waals surface area contributed by atoms with Gasteiger partial charge in [-0.3, -0.25) is 9.59 Å². The molecule has 2 amide bonds. The van der Waals surface area contributed by atoms with E-state index in [4.69, 9.17) is 5.73 Å². The predicted molar refractivity (Wildman–Crippen MR) is 86.5 cm³/mol. The topological polar surface area (TPSA) is 75.4 Å². The number of nitrogens with two attached hydrogens (primary N) is 1. The lowest BCUT2D eigenvalue weighted by atomic mass is 10.1. The fourth-order valence-corrected chi connectivity index (χ4v) is 2.23. The van der Waals surface area contributed by atoms with Gasteiger partial charge in [0.05, 0.1) is 6.54 Å². The van der Waals surface area contributed by atoms with E-state index in [2.05, 4.69) is 21.2 Å². The number of carbonyl (C=O) groups is 2. The van der Waals surface area contributed by atoms with Gasteiger partial charge >= 0.3 is 0 Å². The second kappa shape index (κ2) is 8.79. The zero-order chi connectivity index (χ0) is 15.8. The average molecular weight is 356 g/mol. The molecular weight excluding hydrogens is 334 g/mol. The summed E-state index contributed by atoms with van der Waals surface area (Å²) >= 11 is 3.37. The van der Waals surface area contributed by atoms with Crippen molar-refractivity contribution >= 4 is 27.7 Å². The molecule has 0 heterocycles. The van der Waals surface area contributed by atoms with E-state index in [1.807, 2.05) is 38.1 Å². The molecular formula is C15H22BrN3O2. The second-order valence-electron chi connectivity index (χ2n) is 5.00. The number of nitrogens with one attached hydrogen (secondary N) is 1. The van der Waals surface area contributed by atoms with E-state index in [0.717, 1.165) is 16.6 Å². The number of primary amides is 1. The molecule has 0 saturated carbocycles. The third-order valence-electron chi connectivity index (χ3n) is 3.07. The Morgan fingerprint density at radius 3 is 2.48 bits per heavy atom. The first-order chi connectivity index (χ1) is 9.93. The summed E-state index contributed by atoms with van der Waals surface area (Å²) in [6.07, 6.45) is 0. The zero-order valence-electron chi connectivity index (χ0n) is 12.4. The van der Waals surface area contributed by atoms with Crippen LogP contribution in [0.25, 0.3) is 0 Å². The molecule has 0 aliphatic carbocycles. The average Bonchev–Trinajstić information content (AvgIpc) is 2.45. The van der Waals surface area contributed by atoms with Crippen LogP contribution < -0.4 is 11.1 Å². The van der Waals surface area contributed by atoms with Crippen LogP contribution in [0.4, 0.5) is 0 Å². The normalized spacial score (nSPS) is 12.0. The Kier molecular flexibility index (Phi) is 7.39. The number of nitrogens with zero attached hydrogens (tertiary/aromatic N) is 1. The van der Waals surface area contributed by atoms with E-state index >= 15 is 0 Å². The van der Waals surface area contributed by atoms with Gasteiger partial charge in [-0.15, -0.1) is 0 Å². The Bertz CT molecular complexity index is 476. The van der Waals surface area contributed by atoms with Crippen LogP contribution in [-0.2, 0) is 16.1 Å². The minimum Gasteiger partial charge on any atom is -0.368 e. The summed E-state index contributed by atoms with van der Waals surface area (Å²) in [5.74, 6) is -0.770. The zero-order valence-corrected chi connectivity index (χ0v) is 14.0. The lowest BCUT2D eigenvalue weighted by Crippen LogP contribution is -2.43. The van der Waals surface area contributed by atoms with Crippen LogP contribution in [0, 0.1) is 5.92 Å². The summed E-state index contributed by atoms with van der Waals surface area (Å²) in [5.41, 5.74) is 6.21. The van der Waals surface area contributed by atoms with E-state index in [0.29, 0.717) is 13.1 Å². The van der Waals surface area contributed by atoms with Crippen LogP contribution in [-0.4, -0.2) is 36.3 Å². The van der Waals surface area contributed by atoms with Gasteiger partial charge in [-0.25, -0.2) is 0 Å². The minimum atomic E-state index is -0.504. The van der Waals surface area contributed by atoms with E-state index in [9.17, 15) is 9.59 Å². The maximum absolute atomic E-state index is 12.4. The van der Waals surface area contributed by atoms with E-state index < -0.39 is 5.91 Å². The van der Waals surface area contributed by atoms with Crippen molar-refractivity contribution in [2.75, 3.05) is 19.6 Å². The van der Waals surface area contributed by atoms with Gasteiger partial charge in [0.1, 0.15) is 0 Å². The highest BCUT2D eigenvalue weighted by molar-refractivity contribution is 9.10. The Hall–Kier alpha value is -1.40. The molecule has 1 aromatic rings. The van der Waals surface area contributed by atoms with Crippen molar-refractivity contribution in [1.82, 2.24) is 10.2 Å². The fraction of sp³-hybridized carbons (Fsp3) is 0.467. The number of hydrogen-bond donors (Lipinski definition) is 2. The van der Waals surface area contributed by atoms with Gasteiger partial charge in [0.2, 0.25) is 11.8 Å². The largest absolute Gasteiger partial charge is 0.368 e. The van der Waals surface area contributed by atoms with E-state index in [1.54, 1.807) is 0 Å². The van der Waals surface area contributed by atoms with E-state index in [1.165, 1.54) is 4.90 Å². The molecule has 1 atom stereocenters. The van der Waals surface area contributed by atoms with Gasteiger partial charge in [-0.2, -0.15) is 0 Å². The molecule has 5 nitrogen and oxygen atoms in total. The molecule has 21 heavy (non-hydrogen) atoms. The highest BCUT2D eigenvalue weighted by Crippen LogP contribution is 2.13. The maximum Gasteiger partial charge on any atom is 0.237 e. The Labute approximate surface area is 134 Å². The number of carbonyl (C=O) groups excluding carboxylic acids is 2. The molecule has 0 radical (unpaired) electrons. The van der Waals surface area contributed by atoms with Crippen LogP contribution in [0.3, 0.4) is 0 Å². The fourth-order valence-electron chi connectivity index (χ4n) is 1.97. The summed E-state index contributed by atoms with van der Waals surface area (Å²) in [4.78, 5) is 25.1. The number of rotatable bonds is 8. The summed E-state index contributed by atoms with van der Waals surface area (Å²) in [7, 11) is 0. The lowest BCUT2D eigenvalue weighted by molar-refractivity contribution is -0.138.